The lowest BCUT2D eigenvalue weighted by molar-refractivity contribution is -0.130. The van der Waals surface area contributed by atoms with Gasteiger partial charge in [0.1, 0.15) is 11.5 Å². The van der Waals surface area contributed by atoms with Gasteiger partial charge in [-0.15, -0.1) is 0 Å². The van der Waals surface area contributed by atoms with E-state index < -0.39 is 0 Å². The number of carbonyl (C=O) groups is 1. The summed E-state index contributed by atoms with van der Waals surface area (Å²) in [5, 5.41) is 7.71. The van der Waals surface area contributed by atoms with E-state index in [0.29, 0.717) is 10.9 Å². The number of thiocarbonyl (C=S) groups is 1. The second-order valence-electron chi connectivity index (χ2n) is 6.10. The summed E-state index contributed by atoms with van der Waals surface area (Å²) < 4.78 is 10.6. The molecule has 0 aliphatic carbocycles. The van der Waals surface area contributed by atoms with Crippen molar-refractivity contribution in [3.8, 4) is 11.5 Å². The van der Waals surface area contributed by atoms with Crippen LogP contribution in [0.5, 0.6) is 11.5 Å². The molecular formula is C20H24N4O3S. The normalized spacial score (nSPS) is 10.8. The van der Waals surface area contributed by atoms with E-state index in [2.05, 4.69) is 15.8 Å². The number of hydrogen-bond donors (Lipinski definition) is 2. The van der Waals surface area contributed by atoms with Gasteiger partial charge in [-0.1, -0.05) is 6.07 Å². The van der Waals surface area contributed by atoms with Crippen LogP contribution in [0, 0.1) is 0 Å². The third kappa shape index (κ3) is 6.55. The summed E-state index contributed by atoms with van der Waals surface area (Å²) in [4.78, 5) is 13.0. The molecule has 0 aromatic heterocycles. The van der Waals surface area contributed by atoms with E-state index in [1.807, 2.05) is 43.3 Å². The first-order valence-electron chi connectivity index (χ1n) is 8.57. The number of carbonyl (C=O) groups excluding carboxylic acids is 1. The molecule has 0 radical (unpaired) electrons. The number of rotatable bonds is 7. The van der Waals surface area contributed by atoms with Gasteiger partial charge < -0.3 is 19.7 Å². The first-order chi connectivity index (χ1) is 13.4. The van der Waals surface area contributed by atoms with Gasteiger partial charge in [-0.3, -0.25) is 10.2 Å². The minimum Gasteiger partial charge on any atom is -0.497 e. The van der Waals surface area contributed by atoms with Crippen molar-refractivity contribution >= 4 is 34.6 Å². The zero-order valence-electron chi connectivity index (χ0n) is 16.4. The van der Waals surface area contributed by atoms with Crippen LogP contribution in [0.2, 0.25) is 0 Å². The van der Waals surface area contributed by atoms with E-state index in [4.69, 9.17) is 21.7 Å². The molecule has 0 saturated heterocycles. The molecule has 0 atom stereocenters. The van der Waals surface area contributed by atoms with Crippen molar-refractivity contribution in [2.24, 2.45) is 5.10 Å². The van der Waals surface area contributed by atoms with Crippen LogP contribution in [0.4, 0.5) is 5.69 Å². The highest BCUT2D eigenvalue weighted by molar-refractivity contribution is 7.80. The molecule has 2 rings (SSSR count). The van der Waals surface area contributed by atoms with E-state index in [1.54, 1.807) is 33.3 Å². The summed E-state index contributed by atoms with van der Waals surface area (Å²) in [6.45, 7) is 1.87. The molecule has 2 aromatic rings. The minimum absolute atomic E-state index is 0.00514. The molecule has 0 aliphatic rings. The SMILES string of the molecule is COc1cccc(NC(=S)N/N=C(/C)c2ccc(OCC(=O)N(C)C)cc2)c1. The third-order valence-electron chi connectivity index (χ3n) is 3.79. The van der Waals surface area contributed by atoms with Crippen LogP contribution in [0.1, 0.15) is 12.5 Å². The Hall–Kier alpha value is -3.13. The Balaban J connectivity index is 1.89. The maximum Gasteiger partial charge on any atom is 0.259 e. The number of amides is 1. The molecule has 0 saturated carbocycles. The van der Waals surface area contributed by atoms with Gasteiger partial charge in [-0.25, -0.2) is 0 Å². The third-order valence-corrected chi connectivity index (χ3v) is 3.98. The Bertz CT molecular complexity index is 851. The molecule has 0 spiro atoms. The van der Waals surface area contributed by atoms with Crippen molar-refractivity contribution in [3.05, 3.63) is 54.1 Å². The summed E-state index contributed by atoms with van der Waals surface area (Å²) in [6, 6.07) is 14.8. The number of anilines is 1. The summed E-state index contributed by atoms with van der Waals surface area (Å²) >= 11 is 5.26. The number of hydrogen-bond acceptors (Lipinski definition) is 5. The Morgan fingerprint density at radius 3 is 2.50 bits per heavy atom. The van der Waals surface area contributed by atoms with Gasteiger partial charge in [0.15, 0.2) is 11.7 Å². The topological polar surface area (TPSA) is 75.2 Å². The Kier molecular flexibility index (Phi) is 7.76. The number of nitrogens with zero attached hydrogens (tertiary/aromatic N) is 2. The first-order valence-corrected chi connectivity index (χ1v) is 8.98. The lowest BCUT2D eigenvalue weighted by Crippen LogP contribution is -2.27. The van der Waals surface area contributed by atoms with Crippen LogP contribution >= 0.6 is 12.2 Å². The van der Waals surface area contributed by atoms with Gasteiger partial charge in [0, 0.05) is 25.8 Å². The summed E-state index contributed by atoms with van der Waals surface area (Å²) in [6.07, 6.45) is 0. The molecule has 8 heteroatoms. The van der Waals surface area contributed by atoms with Crippen molar-refractivity contribution in [2.75, 3.05) is 33.1 Å². The van der Waals surface area contributed by atoms with Crippen LogP contribution in [0.25, 0.3) is 0 Å². The van der Waals surface area contributed by atoms with Crippen LogP contribution in [0.3, 0.4) is 0 Å². The lowest BCUT2D eigenvalue weighted by atomic mass is 10.1. The minimum atomic E-state index is -0.0944. The number of likely N-dealkylation sites (N-methyl/N-ethyl adjacent to an activating group) is 1. The molecule has 0 bridgehead atoms. The molecule has 1 amide bonds. The van der Waals surface area contributed by atoms with E-state index in [-0.39, 0.29) is 12.5 Å². The van der Waals surface area contributed by atoms with Crippen molar-refractivity contribution < 1.29 is 14.3 Å². The van der Waals surface area contributed by atoms with Crippen LogP contribution in [0.15, 0.2) is 53.6 Å². The summed E-state index contributed by atoms with van der Waals surface area (Å²) in [7, 11) is 4.99. The summed E-state index contributed by atoms with van der Waals surface area (Å²) in [5.41, 5.74) is 5.29. The largest absolute Gasteiger partial charge is 0.497 e. The zero-order chi connectivity index (χ0) is 20.5. The van der Waals surface area contributed by atoms with Crippen molar-refractivity contribution in [1.29, 1.82) is 0 Å². The highest BCUT2D eigenvalue weighted by Crippen LogP contribution is 2.16. The van der Waals surface area contributed by atoms with Crippen molar-refractivity contribution in [1.82, 2.24) is 10.3 Å². The fraction of sp³-hybridized carbons (Fsp3) is 0.250. The van der Waals surface area contributed by atoms with E-state index >= 15 is 0 Å². The number of benzene rings is 2. The van der Waals surface area contributed by atoms with Crippen LogP contribution in [-0.4, -0.2) is 49.4 Å². The Labute approximate surface area is 170 Å². The molecule has 7 nitrogen and oxygen atoms in total. The van der Waals surface area contributed by atoms with Crippen molar-refractivity contribution in [3.63, 3.8) is 0 Å². The molecule has 28 heavy (non-hydrogen) atoms. The Morgan fingerprint density at radius 1 is 1.14 bits per heavy atom. The second-order valence-corrected chi connectivity index (χ2v) is 6.50. The number of nitrogens with one attached hydrogen (secondary N) is 2. The standard InChI is InChI=1S/C20H24N4O3S/c1-14(15-8-10-17(11-9-15)27-13-19(25)24(2)3)22-23-20(28)21-16-6-5-7-18(12-16)26-4/h5-12H,13H2,1-4H3,(H2,21,23,28)/b22-14-. The number of methoxy groups -OCH3 is 1. The molecule has 0 heterocycles. The maximum absolute atomic E-state index is 11.6. The monoisotopic (exact) mass is 400 g/mol. The molecule has 0 unspecified atom stereocenters. The predicted molar refractivity (Wildman–Crippen MR) is 115 cm³/mol. The van der Waals surface area contributed by atoms with E-state index in [9.17, 15) is 4.79 Å². The maximum atomic E-state index is 11.6. The molecule has 148 valence electrons. The highest BCUT2D eigenvalue weighted by Gasteiger charge is 2.05. The molecule has 2 N–H and O–H groups in total. The number of hydrazone groups is 1. The van der Waals surface area contributed by atoms with Gasteiger partial charge in [0.25, 0.3) is 5.91 Å². The predicted octanol–water partition coefficient (Wildman–Crippen LogP) is 2.87. The number of ether oxygens (including phenoxy) is 2. The van der Waals surface area contributed by atoms with Crippen molar-refractivity contribution in [2.45, 2.75) is 6.92 Å². The Morgan fingerprint density at radius 2 is 1.86 bits per heavy atom. The zero-order valence-corrected chi connectivity index (χ0v) is 17.2. The van der Waals surface area contributed by atoms with E-state index in [0.717, 1.165) is 22.7 Å². The molecule has 2 aromatic carbocycles. The lowest BCUT2D eigenvalue weighted by Gasteiger charge is -2.12. The average molecular weight is 401 g/mol. The highest BCUT2D eigenvalue weighted by atomic mass is 32.1. The van der Waals surface area contributed by atoms with Crippen LogP contribution < -0.4 is 20.2 Å². The fourth-order valence-electron chi connectivity index (χ4n) is 2.13. The van der Waals surface area contributed by atoms with E-state index in [1.165, 1.54) is 4.90 Å². The fourth-order valence-corrected chi connectivity index (χ4v) is 2.29. The van der Waals surface area contributed by atoms with Gasteiger partial charge in [0.05, 0.1) is 12.8 Å². The van der Waals surface area contributed by atoms with Gasteiger partial charge >= 0.3 is 0 Å². The van der Waals surface area contributed by atoms with Crippen LogP contribution in [-0.2, 0) is 4.79 Å². The second kappa shape index (κ2) is 10.3. The molecular weight excluding hydrogens is 376 g/mol. The molecule has 0 fully saturated rings. The van der Waals surface area contributed by atoms with Gasteiger partial charge in [-0.2, -0.15) is 5.10 Å². The molecule has 0 aliphatic heterocycles. The van der Waals surface area contributed by atoms with Gasteiger partial charge in [0.2, 0.25) is 0 Å². The smallest absolute Gasteiger partial charge is 0.259 e. The summed E-state index contributed by atoms with van der Waals surface area (Å²) in [5.74, 6) is 1.26. The first kappa shape index (κ1) is 21.2. The van der Waals surface area contributed by atoms with Gasteiger partial charge in [-0.05, 0) is 61.1 Å². The quantitative estimate of drug-likeness (QED) is 0.423. The average Bonchev–Trinajstić information content (AvgIpc) is 2.70.